The molecule has 24 heavy (non-hydrogen) atoms. The van der Waals surface area contributed by atoms with E-state index < -0.39 is 6.10 Å². The normalized spacial score (nSPS) is 12.2. The van der Waals surface area contributed by atoms with Crippen molar-refractivity contribution in [1.82, 2.24) is 5.32 Å². The molecule has 2 aromatic carbocycles. The molecule has 1 amide bonds. The van der Waals surface area contributed by atoms with Gasteiger partial charge in [-0.3, -0.25) is 4.79 Å². The maximum Gasteiger partial charge on any atom is 0.252 e. The number of thiophene rings is 1. The van der Waals surface area contributed by atoms with Gasteiger partial charge in [-0.15, -0.1) is 23.1 Å². The number of hydrogen-bond donors (Lipinski definition) is 2. The topological polar surface area (TPSA) is 49.3 Å². The fourth-order valence-electron chi connectivity index (χ4n) is 2.59. The molecule has 0 aliphatic carbocycles. The summed E-state index contributed by atoms with van der Waals surface area (Å²) < 4.78 is 1.14. The number of fused-ring (bicyclic) bond motifs is 1. The third-order valence-electron chi connectivity index (χ3n) is 3.76. The number of carbonyl (C=O) groups is 1. The predicted octanol–water partition coefficient (Wildman–Crippen LogP) is 4.48. The lowest BCUT2D eigenvalue weighted by Crippen LogP contribution is -2.28. The quantitative estimate of drug-likeness (QED) is 0.640. The van der Waals surface area contributed by atoms with Crippen LogP contribution in [0.25, 0.3) is 10.1 Å². The van der Waals surface area contributed by atoms with E-state index in [9.17, 15) is 9.90 Å². The predicted molar refractivity (Wildman–Crippen MR) is 102 cm³/mol. The molecule has 124 valence electrons. The number of aliphatic hydroxyl groups is 1. The number of benzene rings is 2. The average molecular weight is 358 g/mol. The van der Waals surface area contributed by atoms with Crippen LogP contribution in [0.3, 0.4) is 0 Å². The Bertz CT molecular complexity index is 844. The van der Waals surface area contributed by atoms with Crippen LogP contribution in [0, 0.1) is 0 Å². The molecule has 5 heteroatoms. The molecule has 0 radical (unpaired) electrons. The van der Waals surface area contributed by atoms with E-state index in [0.717, 1.165) is 26.3 Å². The lowest BCUT2D eigenvalue weighted by Gasteiger charge is -2.13. The first-order valence-corrected chi connectivity index (χ1v) is 9.71. The summed E-state index contributed by atoms with van der Waals surface area (Å²) in [6, 6.07) is 15.5. The molecule has 0 bridgehead atoms. The Morgan fingerprint density at radius 1 is 1.21 bits per heavy atom. The number of hydrogen-bond acceptors (Lipinski definition) is 4. The minimum atomic E-state index is -0.712. The van der Waals surface area contributed by atoms with E-state index in [-0.39, 0.29) is 12.5 Å². The molecule has 0 fully saturated rings. The number of rotatable bonds is 6. The first kappa shape index (κ1) is 17.0. The van der Waals surface area contributed by atoms with E-state index in [1.807, 2.05) is 53.9 Å². The molecule has 1 atom stereocenters. The molecule has 0 saturated carbocycles. The van der Waals surface area contributed by atoms with Crippen molar-refractivity contribution in [1.29, 1.82) is 0 Å². The number of thioether (sulfide) groups is 1. The Morgan fingerprint density at radius 3 is 2.79 bits per heavy atom. The van der Waals surface area contributed by atoms with Gasteiger partial charge >= 0.3 is 0 Å². The van der Waals surface area contributed by atoms with Crippen molar-refractivity contribution in [2.24, 2.45) is 0 Å². The van der Waals surface area contributed by atoms with Crippen LogP contribution < -0.4 is 5.32 Å². The molecule has 3 nitrogen and oxygen atoms in total. The third-order valence-corrected chi connectivity index (χ3v) is 5.69. The van der Waals surface area contributed by atoms with Crippen LogP contribution in [0.15, 0.2) is 58.8 Å². The molecular formula is C19H19NO2S2. The van der Waals surface area contributed by atoms with Gasteiger partial charge in [0.15, 0.2) is 0 Å². The summed E-state index contributed by atoms with van der Waals surface area (Å²) in [7, 11) is 0. The van der Waals surface area contributed by atoms with Gasteiger partial charge in [0.2, 0.25) is 0 Å². The summed E-state index contributed by atoms with van der Waals surface area (Å²) >= 11 is 3.25. The molecule has 1 heterocycles. The van der Waals surface area contributed by atoms with E-state index >= 15 is 0 Å². The van der Waals surface area contributed by atoms with Gasteiger partial charge in [-0.1, -0.05) is 37.3 Å². The standard InChI is InChI=1S/C19H19NO2S2/c1-2-23-18-10-6-4-8-14(18)19(22)20-11-16(21)15-12-24-17-9-5-3-7-13(15)17/h3-10,12,16,21H,2,11H2,1H3,(H,20,22). The summed E-state index contributed by atoms with van der Waals surface area (Å²) in [5.74, 6) is 0.763. The van der Waals surface area contributed by atoms with Gasteiger partial charge in [0, 0.05) is 21.7 Å². The molecule has 3 rings (SSSR count). The van der Waals surface area contributed by atoms with Crippen LogP contribution in [0.1, 0.15) is 28.9 Å². The lowest BCUT2D eigenvalue weighted by molar-refractivity contribution is 0.0914. The van der Waals surface area contributed by atoms with Crippen LogP contribution in [-0.2, 0) is 0 Å². The fourth-order valence-corrected chi connectivity index (χ4v) is 4.40. The smallest absolute Gasteiger partial charge is 0.252 e. The van der Waals surface area contributed by atoms with Gasteiger partial charge in [-0.25, -0.2) is 0 Å². The Morgan fingerprint density at radius 2 is 1.96 bits per heavy atom. The average Bonchev–Trinajstić information content (AvgIpc) is 3.04. The maximum absolute atomic E-state index is 12.4. The van der Waals surface area contributed by atoms with Gasteiger partial charge in [0.05, 0.1) is 11.7 Å². The van der Waals surface area contributed by atoms with Crippen LogP contribution >= 0.6 is 23.1 Å². The van der Waals surface area contributed by atoms with Crippen molar-refractivity contribution in [3.8, 4) is 0 Å². The van der Waals surface area contributed by atoms with Gasteiger partial charge in [0.1, 0.15) is 0 Å². The largest absolute Gasteiger partial charge is 0.387 e. The molecule has 2 N–H and O–H groups in total. The highest BCUT2D eigenvalue weighted by Gasteiger charge is 2.16. The fraction of sp³-hybridized carbons (Fsp3) is 0.211. The number of amides is 1. The summed E-state index contributed by atoms with van der Waals surface area (Å²) in [5, 5.41) is 16.3. The second kappa shape index (κ2) is 7.83. The van der Waals surface area contributed by atoms with E-state index in [2.05, 4.69) is 12.2 Å². The zero-order valence-electron chi connectivity index (χ0n) is 13.4. The van der Waals surface area contributed by atoms with Crippen LogP contribution in [0.2, 0.25) is 0 Å². The van der Waals surface area contributed by atoms with E-state index in [1.54, 1.807) is 23.1 Å². The zero-order valence-corrected chi connectivity index (χ0v) is 15.0. The minimum Gasteiger partial charge on any atom is -0.387 e. The monoisotopic (exact) mass is 357 g/mol. The lowest BCUT2D eigenvalue weighted by atomic mass is 10.1. The molecule has 1 aromatic heterocycles. The Hall–Kier alpha value is -1.82. The van der Waals surface area contributed by atoms with Gasteiger partial charge in [-0.2, -0.15) is 0 Å². The highest BCUT2D eigenvalue weighted by Crippen LogP contribution is 2.30. The third kappa shape index (κ3) is 3.64. The highest BCUT2D eigenvalue weighted by molar-refractivity contribution is 7.99. The number of aliphatic hydroxyl groups excluding tert-OH is 1. The molecule has 1 unspecified atom stereocenters. The van der Waals surface area contributed by atoms with Crippen LogP contribution in [0.5, 0.6) is 0 Å². The van der Waals surface area contributed by atoms with Gasteiger partial charge in [0.25, 0.3) is 5.91 Å². The summed E-state index contributed by atoms with van der Waals surface area (Å²) in [5.41, 5.74) is 1.53. The first-order chi connectivity index (χ1) is 11.7. The minimum absolute atomic E-state index is 0.148. The maximum atomic E-state index is 12.4. The van der Waals surface area contributed by atoms with E-state index in [4.69, 9.17) is 0 Å². The molecule has 0 spiro atoms. The second-order valence-electron chi connectivity index (χ2n) is 5.34. The van der Waals surface area contributed by atoms with E-state index in [0.29, 0.717) is 5.56 Å². The zero-order chi connectivity index (χ0) is 16.9. The van der Waals surface area contributed by atoms with Crippen molar-refractivity contribution >= 4 is 39.1 Å². The Kier molecular flexibility index (Phi) is 5.56. The molecular weight excluding hydrogens is 338 g/mol. The van der Waals surface area contributed by atoms with Crippen molar-refractivity contribution in [2.75, 3.05) is 12.3 Å². The van der Waals surface area contributed by atoms with E-state index in [1.165, 1.54) is 0 Å². The van der Waals surface area contributed by atoms with Crippen LogP contribution in [-0.4, -0.2) is 23.3 Å². The molecule has 0 saturated heterocycles. The van der Waals surface area contributed by atoms with Crippen LogP contribution in [0.4, 0.5) is 0 Å². The molecule has 3 aromatic rings. The first-order valence-electron chi connectivity index (χ1n) is 7.85. The highest BCUT2D eigenvalue weighted by atomic mass is 32.2. The van der Waals surface area contributed by atoms with Crippen molar-refractivity contribution in [3.63, 3.8) is 0 Å². The second-order valence-corrected chi connectivity index (χ2v) is 7.56. The van der Waals surface area contributed by atoms with Crippen molar-refractivity contribution in [2.45, 2.75) is 17.9 Å². The Labute approximate surface area is 149 Å². The van der Waals surface area contributed by atoms with Gasteiger partial charge in [-0.05, 0) is 34.7 Å². The van der Waals surface area contributed by atoms with Crippen molar-refractivity contribution < 1.29 is 9.90 Å². The summed E-state index contributed by atoms with van der Waals surface area (Å²) in [4.78, 5) is 13.4. The van der Waals surface area contributed by atoms with Crippen molar-refractivity contribution in [3.05, 3.63) is 65.0 Å². The SMILES string of the molecule is CCSc1ccccc1C(=O)NCC(O)c1csc2ccccc12. The molecule has 0 aliphatic heterocycles. The molecule has 0 aliphatic rings. The summed E-state index contributed by atoms with van der Waals surface area (Å²) in [6.07, 6.45) is -0.712. The Balaban J connectivity index is 1.70. The summed E-state index contributed by atoms with van der Waals surface area (Å²) in [6.45, 7) is 2.26. The number of nitrogens with one attached hydrogen (secondary N) is 1. The number of carbonyl (C=O) groups excluding carboxylic acids is 1. The van der Waals surface area contributed by atoms with Gasteiger partial charge < -0.3 is 10.4 Å².